The van der Waals surface area contributed by atoms with Crippen LogP contribution in [0.5, 0.6) is 0 Å². The molecule has 2 aromatic rings. The van der Waals surface area contributed by atoms with Crippen LogP contribution >= 0.6 is 0 Å². The molecule has 0 aliphatic heterocycles. The van der Waals surface area contributed by atoms with Gasteiger partial charge >= 0.3 is 0 Å². The molecule has 4 rings (SSSR count). The van der Waals surface area contributed by atoms with Crippen LogP contribution in [0.25, 0.3) is 0 Å². The molecule has 2 amide bonds. The monoisotopic (exact) mass is 522 g/mol. The number of rotatable bonds is 8. The lowest BCUT2D eigenvalue weighted by molar-refractivity contribution is -0.121. The molecule has 208 valence electrons. The molecule has 8 heteroatoms. The summed E-state index contributed by atoms with van der Waals surface area (Å²) in [6, 6.07) is 7.57. The fraction of sp³-hybridized carbons (Fsp3) is 0.600. The smallest absolute Gasteiger partial charge is 0.227 e. The van der Waals surface area contributed by atoms with Crippen LogP contribution in [-0.2, 0) is 9.59 Å². The first-order chi connectivity index (χ1) is 18.4. The number of nitrogens with two attached hydrogens (primary N) is 2. The van der Waals surface area contributed by atoms with E-state index in [-0.39, 0.29) is 23.7 Å². The van der Waals surface area contributed by atoms with Crippen molar-refractivity contribution in [3.63, 3.8) is 0 Å². The van der Waals surface area contributed by atoms with Crippen LogP contribution in [0.4, 0.5) is 11.4 Å². The van der Waals surface area contributed by atoms with Gasteiger partial charge in [-0.25, -0.2) is 0 Å². The third-order valence-corrected chi connectivity index (χ3v) is 8.43. The number of hydrogen-bond acceptors (Lipinski definition) is 6. The van der Waals surface area contributed by atoms with Crippen molar-refractivity contribution in [3.05, 3.63) is 49.1 Å². The predicted molar refractivity (Wildman–Crippen MR) is 153 cm³/mol. The van der Waals surface area contributed by atoms with Crippen molar-refractivity contribution < 1.29 is 9.59 Å². The summed E-state index contributed by atoms with van der Waals surface area (Å²) in [7, 11) is 0. The average Bonchev–Trinajstić information content (AvgIpc) is 2.98. The first kappa shape index (κ1) is 29.7. The molecule has 2 aliphatic carbocycles. The van der Waals surface area contributed by atoms with Crippen LogP contribution in [0.2, 0.25) is 0 Å². The standard InChI is InChI=1S/2C15H23N3O/c1-11(10-16)12-2-4-13(5-3-12)15(19)18-14-6-8-17-9-7-14;1-2-14(16)11-3-5-12(6-4-11)15(19)18-13-7-9-17-10-8-13/h6-9,11-13H,2-5,10,16H2,1H3,(H,17,18,19);7-12,14H,2-6,16H2,1H3,(H,17,18,19). The number of amides is 2. The summed E-state index contributed by atoms with van der Waals surface area (Å²) in [6.07, 6.45) is 16.0. The molecule has 0 bridgehead atoms. The van der Waals surface area contributed by atoms with E-state index in [4.69, 9.17) is 11.5 Å². The second-order valence-electron chi connectivity index (χ2n) is 11.0. The van der Waals surface area contributed by atoms with Crippen molar-refractivity contribution in [1.82, 2.24) is 9.97 Å². The number of aromatic nitrogens is 2. The van der Waals surface area contributed by atoms with Gasteiger partial charge in [-0.3, -0.25) is 19.6 Å². The number of carbonyl (C=O) groups excluding carboxylic acids is 2. The van der Waals surface area contributed by atoms with E-state index in [1.54, 1.807) is 24.8 Å². The highest BCUT2D eigenvalue weighted by Gasteiger charge is 2.29. The highest BCUT2D eigenvalue weighted by atomic mass is 16.2. The van der Waals surface area contributed by atoms with Crippen molar-refractivity contribution in [2.45, 2.75) is 77.7 Å². The van der Waals surface area contributed by atoms with Gasteiger partial charge in [0.05, 0.1) is 0 Å². The Hall–Kier alpha value is -2.84. The SMILES string of the molecule is CC(CN)C1CCC(C(=O)Nc2ccncc2)CC1.CCC(N)C1CCC(C(=O)Nc2ccncc2)CC1. The van der Waals surface area contributed by atoms with Gasteiger partial charge in [0.2, 0.25) is 11.8 Å². The van der Waals surface area contributed by atoms with Crippen molar-refractivity contribution in [2.75, 3.05) is 17.2 Å². The highest BCUT2D eigenvalue weighted by Crippen LogP contribution is 2.34. The normalized spacial score (nSPS) is 24.7. The molecule has 2 unspecified atom stereocenters. The Kier molecular flexibility index (Phi) is 12.2. The van der Waals surface area contributed by atoms with Gasteiger partial charge in [0, 0.05) is 54.0 Å². The van der Waals surface area contributed by atoms with Crippen molar-refractivity contribution in [3.8, 4) is 0 Å². The molecule has 2 aliphatic rings. The Morgan fingerprint density at radius 1 is 0.789 bits per heavy atom. The quantitative estimate of drug-likeness (QED) is 0.386. The molecular formula is C30H46N6O2. The Balaban J connectivity index is 0.000000211. The predicted octanol–water partition coefficient (Wildman–Crippen LogP) is 4.99. The number of nitrogens with one attached hydrogen (secondary N) is 2. The van der Waals surface area contributed by atoms with E-state index in [1.165, 1.54) is 0 Å². The zero-order valence-electron chi connectivity index (χ0n) is 23.0. The zero-order chi connectivity index (χ0) is 27.3. The largest absolute Gasteiger partial charge is 0.330 e. The maximum absolute atomic E-state index is 12.2. The van der Waals surface area contributed by atoms with Gasteiger partial charge < -0.3 is 22.1 Å². The van der Waals surface area contributed by atoms with Crippen LogP contribution in [0.15, 0.2) is 49.1 Å². The number of nitrogens with zero attached hydrogens (tertiary/aromatic N) is 2. The number of pyridine rings is 2. The summed E-state index contributed by atoms with van der Waals surface area (Å²) >= 11 is 0. The van der Waals surface area contributed by atoms with Gasteiger partial charge in [-0.15, -0.1) is 0 Å². The van der Waals surface area contributed by atoms with E-state index in [0.29, 0.717) is 23.8 Å². The van der Waals surface area contributed by atoms with E-state index in [0.717, 1.165) is 75.7 Å². The van der Waals surface area contributed by atoms with Crippen LogP contribution in [-0.4, -0.2) is 34.4 Å². The van der Waals surface area contributed by atoms with Crippen molar-refractivity contribution >= 4 is 23.2 Å². The Labute approximate surface area is 227 Å². The highest BCUT2D eigenvalue weighted by molar-refractivity contribution is 5.93. The van der Waals surface area contributed by atoms with E-state index in [9.17, 15) is 9.59 Å². The third-order valence-electron chi connectivity index (χ3n) is 8.43. The number of carbonyl (C=O) groups is 2. The number of hydrogen-bond donors (Lipinski definition) is 4. The Morgan fingerprint density at radius 2 is 1.18 bits per heavy atom. The molecule has 8 nitrogen and oxygen atoms in total. The molecule has 2 atom stereocenters. The van der Waals surface area contributed by atoms with Crippen LogP contribution in [0.3, 0.4) is 0 Å². The minimum atomic E-state index is 0.133. The summed E-state index contributed by atoms with van der Waals surface area (Å²) in [5.41, 5.74) is 13.5. The number of anilines is 2. The molecule has 0 radical (unpaired) electrons. The summed E-state index contributed by atoms with van der Waals surface area (Å²) in [6.45, 7) is 5.09. The molecular weight excluding hydrogens is 476 g/mol. The van der Waals surface area contributed by atoms with E-state index < -0.39 is 0 Å². The van der Waals surface area contributed by atoms with Gasteiger partial charge in [0.1, 0.15) is 0 Å². The van der Waals surface area contributed by atoms with Crippen molar-refractivity contribution in [1.29, 1.82) is 0 Å². The van der Waals surface area contributed by atoms with Crippen LogP contribution in [0, 0.1) is 29.6 Å². The fourth-order valence-corrected chi connectivity index (χ4v) is 5.64. The van der Waals surface area contributed by atoms with E-state index >= 15 is 0 Å². The molecule has 0 spiro atoms. The second-order valence-corrected chi connectivity index (χ2v) is 11.0. The summed E-state index contributed by atoms with van der Waals surface area (Å²) in [4.78, 5) is 32.2. The zero-order valence-corrected chi connectivity index (χ0v) is 23.0. The minimum Gasteiger partial charge on any atom is -0.330 e. The topological polar surface area (TPSA) is 136 Å². The Morgan fingerprint density at radius 3 is 1.55 bits per heavy atom. The van der Waals surface area contributed by atoms with Crippen LogP contribution in [0.1, 0.15) is 71.6 Å². The lowest BCUT2D eigenvalue weighted by atomic mass is 9.76. The third kappa shape index (κ3) is 9.17. The van der Waals surface area contributed by atoms with Gasteiger partial charge in [0.25, 0.3) is 0 Å². The van der Waals surface area contributed by atoms with E-state index in [2.05, 4.69) is 34.4 Å². The first-order valence-corrected chi connectivity index (χ1v) is 14.3. The average molecular weight is 523 g/mol. The molecule has 2 aromatic heterocycles. The molecule has 0 aromatic carbocycles. The molecule has 2 fully saturated rings. The first-order valence-electron chi connectivity index (χ1n) is 14.3. The molecule has 2 heterocycles. The van der Waals surface area contributed by atoms with Crippen molar-refractivity contribution in [2.24, 2.45) is 41.1 Å². The lowest BCUT2D eigenvalue weighted by Crippen LogP contribution is -2.35. The second kappa shape index (κ2) is 15.5. The fourth-order valence-electron chi connectivity index (χ4n) is 5.64. The molecule has 2 saturated carbocycles. The van der Waals surface area contributed by atoms with Crippen LogP contribution < -0.4 is 22.1 Å². The summed E-state index contributed by atoms with van der Waals surface area (Å²) in [5.74, 6) is 2.41. The maximum atomic E-state index is 12.2. The van der Waals surface area contributed by atoms with Gasteiger partial charge in [-0.1, -0.05) is 13.8 Å². The summed E-state index contributed by atoms with van der Waals surface area (Å²) in [5, 5.41) is 5.93. The summed E-state index contributed by atoms with van der Waals surface area (Å²) < 4.78 is 0. The Bertz CT molecular complexity index is 878. The molecule has 38 heavy (non-hydrogen) atoms. The minimum absolute atomic E-state index is 0.133. The van der Waals surface area contributed by atoms with E-state index in [1.807, 2.05) is 24.3 Å². The molecule has 0 saturated heterocycles. The van der Waals surface area contributed by atoms with Gasteiger partial charge in [0.15, 0.2) is 0 Å². The van der Waals surface area contributed by atoms with Gasteiger partial charge in [-0.05, 0) is 106 Å². The molecule has 6 N–H and O–H groups in total. The lowest BCUT2D eigenvalue weighted by Gasteiger charge is -2.31. The maximum Gasteiger partial charge on any atom is 0.227 e. The van der Waals surface area contributed by atoms with Gasteiger partial charge in [-0.2, -0.15) is 0 Å².